The maximum Gasteiger partial charge on any atom is 0.129 e. The minimum atomic E-state index is 0.217. The molecule has 90 valence electrons. The van der Waals surface area contributed by atoms with Crippen LogP contribution < -0.4 is 0 Å². The Bertz CT molecular complexity index is 148. The summed E-state index contributed by atoms with van der Waals surface area (Å²) >= 11 is 0. The van der Waals surface area contributed by atoms with E-state index in [4.69, 9.17) is 14.2 Å². The van der Waals surface area contributed by atoms with E-state index in [-0.39, 0.29) is 5.78 Å². The third-order valence-electron chi connectivity index (χ3n) is 1.83. The molecule has 0 aliphatic rings. The molecule has 15 heavy (non-hydrogen) atoms. The highest BCUT2D eigenvalue weighted by Crippen LogP contribution is 1.91. The summed E-state index contributed by atoms with van der Waals surface area (Å²) in [6, 6.07) is 0. The number of carbonyl (C=O) groups excluding carboxylic acids is 1. The van der Waals surface area contributed by atoms with Crippen LogP contribution in [0.15, 0.2) is 0 Å². The van der Waals surface area contributed by atoms with E-state index in [1.54, 1.807) is 14.0 Å². The van der Waals surface area contributed by atoms with Crippen LogP contribution in [0.3, 0.4) is 0 Å². The lowest BCUT2D eigenvalue weighted by atomic mass is 10.2. The monoisotopic (exact) mass is 218 g/mol. The first-order chi connectivity index (χ1) is 7.27. The summed E-state index contributed by atoms with van der Waals surface area (Å²) in [5.74, 6) is 0.217. The zero-order valence-corrected chi connectivity index (χ0v) is 9.79. The summed E-state index contributed by atoms with van der Waals surface area (Å²) in [7, 11) is 1.68. The van der Waals surface area contributed by atoms with Gasteiger partial charge in [0.25, 0.3) is 0 Å². The summed E-state index contributed by atoms with van der Waals surface area (Å²) in [6.07, 6.45) is 2.33. The van der Waals surface area contributed by atoms with Crippen LogP contribution in [0.2, 0.25) is 0 Å². The average molecular weight is 218 g/mol. The van der Waals surface area contributed by atoms with Crippen molar-refractivity contribution in [3.63, 3.8) is 0 Å². The van der Waals surface area contributed by atoms with Gasteiger partial charge in [-0.25, -0.2) is 0 Å². The van der Waals surface area contributed by atoms with Gasteiger partial charge in [0, 0.05) is 33.4 Å². The minimum absolute atomic E-state index is 0.217. The highest BCUT2D eigenvalue weighted by molar-refractivity contribution is 5.75. The number of ether oxygens (including phenoxy) is 3. The zero-order chi connectivity index (χ0) is 11.4. The first-order valence-corrected chi connectivity index (χ1v) is 5.41. The molecule has 0 aromatic rings. The summed E-state index contributed by atoms with van der Waals surface area (Å²) in [4.78, 5) is 10.6. The van der Waals surface area contributed by atoms with E-state index in [0.29, 0.717) is 32.8 Å². The van der Waals surface area contributed by atoms with Gasteiger partial charge < -0.3 is 19.0 Å². The predicted octanol–water partition coefficient (Wildman–Crippen LogP) is 1.43. The number of hydrogen-bond acceptors (Lipinski definition) is 4. The third-order valence-corrected chi connectivity index (χ3v) is 1.83. The molecule has 0 fully saturated rings. The number of ketones is 1. The first kappa shape index (κ1) is 14.6. The molecule has 0 atom stereocenters. The standard InChI is InChI=1S/C11H22O4/c1-11(12)5-3-7-14-9-10-15-8-4-6-13-2/h3-10H2,1-2H3. The molecular formula is C11H22O4. The molecule has 0 spiro atoms. The molecule has 0 bridgehead atoms. The van der Waals surface area contributed by atoms with Gasteiger partial charge in [-0.05, 0) is 19.8 Å². The molecule has 0 aliphatic heterocycles. The predicted molar refractivity (Wildman–Crippen MR) is 58.0 cm³/mol. The quantitative estimate of drug-likeness (QED) is 0.492. The van der Waals surface area contributed by atoms with Crippen LogP contribution in [-0.2, 0) is 19.0 Å². The van der Waals surface area contributed by atoms with Crippen molar-refractivity contribution in [1.82, 2.24) is 0 Å². The molecule has 0 saturated heterocycles. The third kappa shape index (κ3) is 13.6. The maximum atomic E-state index is 10.6. The lowest BCUT2D eigenvalue weighted by Crippen LogP contribution is -2.07. The molecule has 0 aliphatic carbocycles. The average Bonchev–Trinajstić information content (AvgIpc) is 2.20. The molecule has 0 heterocycles. The summed E-state index contributed by atoms with van der Waals surface area (Å²) in [6.45, 7) is 4.90. The van der Waals surface area contributed by atoms with Crippen LogP contribution in [0.4, 0.5) is 0 Å². The second-order valence-corrected chi connectivity index (χ2v) is 3.38. The van der Waals surface area contributed by atoms with Gasteiger partial charge in [-0.1, -0.05) is 0 Å². The molecule has 0 N–H and O–H groups in total. The molecule has 0 rings (SSSR count). The SMILES string of the molecule is COCCCOCCOCCCC(C)=O. The van der Waals surface area contributed by atoms with E-state index in [0.717, 1.165) is 19.4 Å². The summed E-state index contributed by atoms with van der Waals surface area (Å²) in [5, 5.41) is 0. The van der Waals surface area contributed by atoms with E-state index in [9.17, 15) is 4.79 Å². The van der Waals surface area contributed by atoms with Gasteiger partial charge in [0.1, 0.15) is 5.78 Å². The molecule has 0 radical (unpaired) electrons. The molecule has 0 saturated carbocycles. The number of Topliss-reactive ketones (excluding diaryl/α,β-unsaturated/α-hetero) is 1. The van der Waals surface area contributed by atoms with Gasteiger partial charge in [0.05, 0.1) is 13.2 Å². The zero-order valence-electron chi connectivity index (χ0n) is 9.79. The van der Waals surface area contributed by atoms with Gasteiger partial charge in [0.15, 0.2) is 0 Å². The van der Waals surface area contributed by atoms with Crippen molar-refractivity contribution in [3.8, 4) is 0 Å². The summed E-state index contributed by atoms with van der Waals surface area (Å²) in [5.41, 5.74) is 0. The topological polar surface area (TPSA) is 44.8 Å². The fourth-order valence-corrected chi connectivity index (χ4v) is 1.05. The fraction of sp³-hybridized carbons (Fsp3) is 0.909. The van der Waals surface area contributed by atoms with Gasteiger partial charge in [-0.2, -0.15) is 0 Å². The van der Waals surface area contributed by atoms with Gasteiger partial charge in [0.2, 0.25) is 0 Å². The van der Waals surface area contributed by atoms with Crippen molar-refractivity contribution in [2.24, 2.45) is 0 Å². The Labute approximate surface area is 91.9 Å². The van der Waals surface area contributed by atoms with Gasteiger partial charge in [-0.3, -0.25) is 0 Å². The van der Waals surface area contributed by atoms with Crippen LogP contribution in [0.5, 0.6) is 0 Å². The van der Waals surface area contributed by atoms with E-state index in [2.05, 4.69) is 0 Å². The second kappa shape index (κ2) is 11.6. The normalized spacial score (nSPS) is 10.5. The molecule has 0 aromatic carbocycles. The van der Waals surface area contributed by atoms with Gasteiger partial charge >= 0.3 is 0 Å². The number of methoxy groups -OCH3 is 1. The Morgan fingerprint density at radius 2 is 1.53 bits per heavy atom. The second-order valence-electron chi connectivity index (χ2n) is 3.38. The van der Waals surface area contributed by atoms with Crippen molar-refractivity contribution in [3.05, 3.63) is 0 Å². The molecule has 4 nitrogen and oxygen atoms in total. The lowest BCUT2D eigenvalue weighted by molar-refractivity contribution is -0.117. The van der Waals surface area contributed by atoms with E-state index in [1.807, 2.05) is 0 Å². The van der Waals surface area contributed by atoms with Crippen LogP contribution in [0.25, 0.3) is 0 Å². The Morgan fingerprint density at radius 1 is 0.933 bits per heavy atom. The van der Waals surface area contributed by atoms with Crippen molar-refractivity contribution in [2.75, 3.05) is 40.1 Å². The van der Waals surface area contributed by atoms with Crippen molar-refractivity contribution in [1.29, 1.82) is 0 Å². The molecule has 0 unspecified atom stereocenters. The van der Waals surface area contributed by atoms with E-state index < -0.39 is 0 Å². The van der Waals surface area contributed by atoms with Crippen LogP contribution in [0.1, 0.15) is 26.2 Å². The van der Waals surface area contributed by atoms with Crippen molar-refractivity contribution < 1.29 is 19.0 Å². The maximum absolute atomic E-state index is 10.6. The van der Waals surface area contributed by atoms with E-state index in [1.165, 1.54) is 0 Å². The summed E-state index contributed by atoms with van der Waals surface area (Å²) < 4.78 is 15.5. The molecule has 0 aromatic heterocycles. The van der Waals surface area contributed by atoms with Crippen molar-refractivity contribution in [2.45, 2.75) is 26.2 Å². The Hall–Kier alpha value is -0.450. The largest absolute Gasteiger partial charge is 0.385 e. The van der Waals surface area contributed by atoms with Crippen LogP contribution >= 0.6 is 0 Å². The molecule has 4 heteroatoms. The molecule has 0 amide bonds. The van der Waals surface area contributed by atoms with Crippen molar-refractivity contribution >= 4 is 5.78 Å². The van der Waals surface area contributed by atoms with Gasteiger partial charge in [-0.15, -0.1) is 0 Å². The minimum Gasteiger partial charge on any atom is -0.385 e. The fourth-order valence-electron chi connectivity index (χ4n) is 1.05. The smallest absolute Gasteiger partial charge is 0.129 e. The highest BCUT2D eigenvalue weighted by atomic mass is 16.5. The van der Waals surface area contributed by atoms with Crippen LogP contribution in [-0.4, -0.2) is 45.9 Å². The van der Waals surface area contributed by atoms with Crippen LogP contribution in [0, 0.1) is 0 Å². The number of hydrogen-bond donors (Lipinski definition) is 0. The number of rotatable bonds is 11. The Balaban J connectivity index is 2.89. The first-order valence-electron chi connectivity index (χ1n) is 5.41. The Kier molecular flexibility index (Phi) is 11.3. The van der Waals surface area contributed by atoms with E-state index >= 15 is 0 Å². The Morgan fingerprint density at radius 3 is 2.07 bits per heavy atom. The highest BCUT2D eigenvalue weighted by Gasteiger charge is 1.94. The lowest BCUT2D eigenvalue weighted by Gasteiger charge is -2.04. The molecular weight excluding hydrogens is 196 g/mol. The number of carbonyl (C=O) groups is 1.